The lowest BCUT2D eigenvalue weighted by Gasteiger charge is -2.04. The number of allylic oxidation sites excluding steroid dienone is 1. The molecule has 0 amide bonds. The molecule has 19 heavy (non-hydrogen) atoms. The molecule has 0 aliphatic heterocycles. The predicted molar refractivity (Wildman–Crippen MR) is 85.2 cm³/mol. The van der Waals surface area contributed by atoms with Gasteiger partial charge in [-0.2, -0.15) is 0 Å². The molecule has 98 valence electrons. The van der Waals surface area contributed by atoms with Crippen molar-refractivity contribution in [3.8, 4) is 0 Å². The van der Waals surface area contributed by atoms with Crippen LogP contribution in [0.4, 0.5) is 0 Å². The third-order valence-corrected chi connectivity index (χ3v) is 3.59. The molecule has 0 N–H and O–H groups in total. The third kappa shape index (κ3) is 3.57. The maximum absolute atomic E-state index is 2.25. The maximum atomic E-state index is 2.25. The van der Waals surface area contributed by atoms with E-state index in [4.69, 9.17) is 0 Å². The largest absolute Gasteiger partial charge is 0.0613 e. The molecule has 0 spiro atoms. The van der Waals surface area contributed by atoms with Gasteiger partial charge < -0.3 is 0 Å². The van der Waals surface area contributed by atoms with Gasteiger partial charge in [0.15, 0.2) is 0 Å². The molecule has 2 aromatic carbocycles. The van der Waals surface area contributed by atoms with Crippen molar-refractivity contribution >= 4 is 11.6 Å². The van der Waals surface area contributed by atoms with Gasteiger partial charge in [-0.3, -0.25) is 0 Å². The van der Waals surface area contributed by atoms with Crippen molar-refractivity contribution in [1.82, 2.24) is 0 Å². The Kier molecular flexibility index (Phi) is 4.57. The SMILES string of the molecule is CCc1ccc(/C=C(\C)c2ccc(CC)cc2)cc1. The quantitative estimate of drug-likeness (QED) is 0.640. The molecule has 0 heteroatoms. The summed E-state index contributed by atoms with van der Waals surface area (Å²) in [6.07, 6.45) is 4.45. The minimum atomic E-state index is 1.10. The number of hydrogen-bond donors (Lipinski definition) is 0. The van der Waals surface area contributed by atoms with Crippen LogP contribution in [0.2, 0.25) is 0 Å². The van der Waals surface area contributed by atoms with Crippen LogP contribution in [0, 0.1) is 0 Å². The molecule has 2 rings (SSSR count). The highest BCUT2D eigenvalue weighted by Crippen LogP contribution is 2.19. The van der Waals surface area contributed by atoms with Gasteiger partial charge in [0.2, 0.25) is 0 Å². The second-order valence-corrected chi connectivity index (χ2v) is 4.97. The van der Waals surface area contributed by atoms with Gasteiger partial charge in [-0.05, 0) is 47.6 Å². The lowest BCUT2D eigenvalue weighted by atomic mass is 10.0. The molecule has 0 saturated heterocycles. The molecule has 0 radical (unpaired) electrons. The maximum Gasteiger partial charge on any atom is -0.0227 e. The summed E-state index contributed by atoms with van der Waals surface area (Å²) < 4.78 is 0. The second-order valence-electron chi connectivity index (χ2n) is 4.97. The fraction of sp³-hybridized carbons (Fsp3) is 0.263. The molecule has 0 aliphatic rings. The van der Waals surface area contributed by atoms with Crippen LogP contribution >= 0.6 is 0 Å². The highest BCUT2D eigenvalue weighted by molar-refractivity contribution is 5.80. The molecule has 2 aromatic rings. The molecule has 0 fully saturated rings. The van der Waals surface area contributed by atoms with E-state index in [0.717, 1.165) is 12.8 Å². The van der Waals surface area contributed by atoms with E-state index in [0.29, 0.717) is 0 Å². The van der Waals surface area contributed by atoms with E-state index in [1.54, 1.807) is 0 Å². The van der Waals surface area contributed by atoms with Gasteiger partial charge in [-0.25, -0.2) is 0 Å². The van der Waals surface area contributed by atoms with E-state index < -0.39 is 0 Å². The standard InChI is InChI=1S/C19H22/c1-4-16-6-8-18(9-7-16)14-15(3)19-12-10-17(5-2)11-13-19/h6-14H,4-5H2,1-3H3/b15-14+. The van der Waals surface area contributed by atoms with Gasteiger partial charge >= 0.3 is 0 Å². The van der Waals surface area contributed by atoms with E-state index in [2.05, 4.69) is 75.4 Å². The fourth-order valence-electron chi connectivity index (χ4n) is 2.19. The Morgan fingerprint density at radius 2 is 1.26 bits per heavy atom. The van der Waals surface area contributed by atoms with E-state index in [9.17, 15) is 0 Å². The topological polar surface area (TPSA) is 0 Å². The van der Waals surface area contributed by atoms with Crippen LogP contribution in [0.15, 0.2) is 48.5 Å². The van der Waals surface area contributed by atoms with Crippen LogP contribution in [0.25, 0.3) is 11.6 Å². The van der Waals surface area contributed by atoms with Gasteiger partial charge in [-0.1, -0.05) is 68.5 Å². The summed E-state index contributed by atoms with van der Waals surface area (Å²) >= 11 is 0. The zero-order chi connectivity index (χ0) is 13.7. The normalized spacial score (nSPS) is 11.6. The Hall–Kier alpha value is -1.82. The monoisotopic (exact) mass is 250 g/mol. The summed E-state index contributed by atoms with van der Waals surface area (Å²) in [4.78, 5) is 0. The molecular weight excluding hydrogens is 228 g/mol. The lowest BCUT2D eigenvalue weighted by Crippen LogP contribution is -1.84. The number of rotatable bonds is 4. The van der Waals surface area contributed by atoms with Crippen molar-refractivity contribution in [2.45, 2.75) is 33.6 Å². The van der Waals surface area contributed by atoms with Gasteiger partial charge in [0.1, 0.15) is 0 Å². The van der Waals surface area contributed by atoms with Crippen LogP contribution in [-0.4, -0.2) is 0 Å². The Morgan fingerprint density at radius 3 is 1.74 bits per heavy atom. The van der Waals surface area contributed by atoms with Crippen molar-refractivity contribution in [2.24, 2.45) is 0 Å². The zero-order valence-corrected chi connectivity index (χ0v) is 12.1. The summed E-state index contributed by atoms with van der Waals surface area (Å²) in [5.41, 5.74) is 6.67. The first kappa shape index (κ1) is 13.6. The van der Waals surface area contributed by atoms with Crippen LogP contribution < -0.4 is 0 Å². The smallest absolute Gasteiger partial charge is 0.0227 e. The van der Waals surface area contributed by atoms with Crippen LogP contribution in [0.3, 0.4) is 0 Å². The average molecular weight is 250 g/mol. The van der Waals surface area contributed by atoms with Gasteiger partial charge in [0, 0.05) is 0 Å². The van der Waals surface area contributed by atoms with Gasteiger partial charge in [0.25, 0.3) is 0 Å². The Bertz CT molecular complexity index is 542. The summed E-state index contributed by atoms with van der Waals surface area (Å²) in [6, 6.07) is 17.7. The fourth-order valence-corrected chi connectivity index (χ4v) is 2.19. The predicted octanol–water partition coefficient (Wildman–Crippen LogP) is 5.37. The summed E-state index contributed by atoms with van der Waals surface area (Å²) in [5.74, 6) is 0. The molecule has 0 nitrogen and oxygen atoms in total. The van der Waals surface area contributed by atoms with E-state index in [1.165, 1.54) is 27.8 Å². The number of benzene rings is 2. The highest BCUT2D eigenvalue weighted by Gasteiger charge is 1.97. The number of aryl methyl sites for hydroxylation is 2. The molecule has 0 aliphatic carbocycles. The van der Waals surface area contributed by atoms with E-state index >= 15 is 0 Å². The minimum absolute atomic E-state index is 1.10. The number of hydrogen-bond acceptors (Lipinski definition) is 0. The Morgan fingerprint density at radius 1 is 0.789 bits per heavy atom. The Balaban J connectivity index is 2.20. The van der Waals surface area contributed by atoms with Crippen molar-refractivity contribution < 1.29 is 0 Å². The van der Waals surface area contributed by atoms with Gasteiger partial charge in [0.05, 0.1) is 0 Å². The minimum Gasteiger partial charge on any atom is -0.0613 e. The van der Waals surface area contributed by atoms with Crippen molar-refractivity contribution in [2.75, 3.05) is 0 Å². The first-order valence-electron chi connectivity index (χ1n) is 7.09. The van der Waals surface area contributed by atoms with E-state index in [1.807, 2.05) is 0 Å². The van der Waals surface area contributed by atoms with Crippen molar-refractivity contribution in [1.29, 1.82) is 0 Å². The summed E-state index contributed by atoms with van der Waals surface area (Å²) in [5, 5.41) is 0. The molecule has 0 aromatic heterocycles. The molecule has 0 bridgehead atoms. The lowest BCUT2D eigenvalue weighted by molar-refractivity contribution is 1.14. The third-order valence-electron chi connectivity index (χ3n) is 3.59. The molecule has 0 heterocycles. The highest BCUT2D eigenvalue weighted by atomic mass is 14.0. The molecule has 0 atom stereocenters. The van der Waals surface area contributed by atoms with Crippen LogP contribution in [0.1, 0.15) is 43.0 Å². The summed E-state index contributed by atoms with van der Waals surface area (Å²) in [6.45, 7) is 6.55. The van der Waals surface area contributed by atoms with E-state index in [-0.39, 0.29) is 0 Å². The Labute approximate surface area is 116 Å². The molecule has 0 saturated carbocycles. The van der Waals surface area contributed by atoms with Crippen LogP contribution in [-0.2, 0) is 12.8 Å². The summed E-state index contributed by atoms with van der Waals surface area (Å²) in [7, 11) is 0. The molecule has 0 unspecified atom stereocenters. The van der Waals surface area contributed by atoms with Crippen LogP contribution in [0.5, 0.6) is 0 Å². The zero-order valence-electron chi connectivity index (χ0n) is 12.1. The first-order valence-corrected chi connectivity index (χ1v) is 7.09. The second kappa shape index (κ2) is 6.38. The van der Waals surface area contributed by atoms with Crippen molar-refractivity contribution in [3.05, 3.63) is 70.8 Å². The van der Waals surface area contributed by atoms with Gasteiger partial charge in [-0.15, -0.1) is 0 Å². The molecular formula is C19H22. The average Bonchev–Trinajstić information content (AvgIpc) is 2.48. The van der Waals surface area contributed by atoms with Crippen molar-refractivity contribution in [3.63, 3.8) is 0 Å². The first-order chi connectivity index (χ1) is 9.22.